The van der Waals surface area contributed by atoms with Crippen molar-refractivity contribution in [1.82, 2.24) is 5.32 Å². The highest BCUT2D eigenvalue weighted by molar-refractivity contribution is 5.76. The van der Waals surface area contributed by atoms with Gasteiger partial charge < -0.3 is 5.32 Å². The maximum atomic E-state index is 11.5. The van der Waals surface area contributed by atoms with E-state index >= 15 is 0 Å². The molecule has 1 aromatic rings. The van der Waals surface area contributed by atoms with Gasteiger partial charge in [-0.1, -0.05) is 44.2 Å². The number of carbonyl (C=O) groups is 1. The van der Waals surface area contributed by atoms with Gasteiger partial charge in [-0.15, -0.1) is 0 Å². The third-order valence-electron chi connectivity index (χ3n) is 2.66. The molecule has 88 valence electrons. The molecular weight excluding hydrogens is 198 g/mol. The van der Waals surface area contributed by atoms with Gasteiger partial charge >= 0.3 is 0 Å². The Hall–Kier alpha value is -1.31. The van der Waals surface area contributed by atoms with Crippen LogP contribution in [0.25, 0.3) is 0 Å². The molecule has 0 fully saturated rings. The SMILES string of the molecule is CCCC(=O)NC(CC)Cc1ccccc1. The molecule has 0 aliphatic rings. The Morgan fingerprint density at radius 1 is 1.25 bits per heavy atom. The van der Waals surface area contributed by atoms with Crippen molar-refractivity contribution in [2.45, 2.75) is 45.6 Å². The zero-order valence-corrected chi connectivity index (χ0v) is 10.2. The summed E-state index contributed by atoms with van der Waals surface area (Å²) in [5.41, 5.74) is 1.28. The average Bonchev–Trinajstić information content (AvgIpc) is 2.30. The number of hydrogen-bond donors (Lipinski definition) is 1. The molecule has 16 heavy (non-hydrogen) atoms. The second-order valence-corrected chi connectivity index (χ2v) is 4.11. The molecule has 1 rings (SSSR count). The number of benzene rings is 1. The van der Waals surface area contributed by atoms with Gasteiger partial charge in [0.1, 0.15) is 0 Å². The first-order valence-corrected chi connectivity index (χ1v) is 6.09. The van der Waals surface area contributed by atoms with Crippen molar-refractivity contribution in [2.75, 3.05) is 0 Å². The monoisotopic (exact) mass is 219 g/mol. The van der Waals surface area contributed by atoms with E-state index in [1.165, 1.54) is 5.56 Å². The summed E-state index contributed by atoms with van der Waals surface area (Å²) in [5.74, 6) is 0.172. The van der Waals surface area contributed by atoms with E-state index in [0.29, 0.717) is 6.42 Å². The summed E-state index contributed by atoms with van der Waals surface area (Å²) < 4.78 is 0. The van der Waals surface area contributed by atoms with Crippen LogP contribution in [0.5, 0.6) is 0 Å². The van der Waals surface area contributed by atoms with E-state index in [9.17, 15) is 4.79 Å². The molecule has 1 aromatic carbocycles. The Bertz CT molecular complexity index is 308. The molecule has 1 unspecified atom stereocenters. The van der Waals surface area contributed by atoms with Crippen molar-refractivity contribution in [1.29, 1.82) is 0 Å². The minimum Gasteiger partial charge on any atom is -0.353 e. The fraction of sp³-hybridized carbons (Fsp3) is 0.500. The molecule has 0 saturated heterocycles. The van der Waals surface area contributed by atoms with Gasteiger partial charge in [-0.25, -0.2) is 0 Å². The summed E-state index contributed by atoms with van der Waals surface area (Å²) in [6.45, 7) is 4.14. The first kappa shape index (κ1) is 12.8. The lowest BCUT2D eigenvalue weighted by Gasteiger charge is -2.16. The van der Waals surface area contributed by atoms with Gasteiger partial charge in [-0.05, 0) is 24.8 Å². The molecule has 1 atom stereocenters. The van der Waals surface area contributed by atoms with E-state index in [1.807, 2.05) is 25.1 Å². The van der Waals surface area contributed by atoms with Crippen molar-refractivity contribution >= 4 is 5.91 Å². The van der Waals surface area contributed by atoms with Crippen LogP contribution in [0.15, 0.2) is 30.3 Å². The van der Waals surface area contributed by atoms with Crippen LogP contribution in [0.1, 0.15) is 38.7 Å². The summed E-state index contributed by atoms with van der Waals surface area (Å²) in [5, 5.41) is 3.08. The largest absolute Gasteiger partial charge is 0.353 e. The van der Waals surface area contributed by atoms with Crippen LogP contribution in [-0.4, -0.2) is 11.9 Å². The van der Waals surface area contributed by atoms with E-state index in [1.54, 1.807) is 0 Å². The second kappa shape index (κ2) is 7.04. The standard InChI is InChI=1S/C14H21NO/c1-3-8-14(16)15-13(4-2)11-12-9-6-5-7-10-12/h5-7,9-10,13H,3-4,8,11H2,1-2H3,(H,15,16). The zero-order valence-electron chi connectivity index (χ0n) is 10.2. The maximum Gasteiger partial charge on any atom is 0.220 e. The van der Waals surface area contributed by atoms with E-state index < -0.39 is 0 Å². The van der Waals surface area contributed by atoms with Crippen LogP contribution in [0.2, 0.25) is 0 Å². The Labute approximate surface area is 98.1 Å². The van der Waals surface area contributed by atoms with Crippen molar-refractivity contribution in [3.8, 4) is 0 Å². The topological polar surface area (TPSA) is 29.1 Å². The molecule has 0 radical (unpaired) electrons. The summed E-state index contributed by atoms with van der Waals surface area (Å²) in [7, 11) is 0. The van der Waals surface area contributed by atoms with Gasteiger partial charge in [0.15, 0.2) is 0 Å². The predicted octanol–water partition coefficient (Wildman–Crippen LogP) is 2.92. The summed E-state index contributed by atoms with van der Waals surface area (Å²) in [6, 6.07) is 10.6. The number of hydrogen-bond acceptors (Lipinski definition) is 1. The number of amides is 1. The van der Waals surface area contributed by atoms with Gasteiger partial charge in [-0.3, -0.25) is 4.79 Å². The molecule has 2 heteroatoms. The quantitative estimate of drug-likeness (QED) is 0.783. The fourth-order valence-corrected chi connectivity index (χ4v) is 1.72. The van der Waals surface area contributed by atoms with Gasteiger partial charge in [0.2, 0.25) is 5.91 Å². The summed E-state index contributed by atoms with van der Waals surface area (Å²) in [4.78, 5) is 11.5. The van der Waals surface area contributed by atoms with Crippen molar-refractivity contribution < 1.29 is 4.79 Å². The Morgan fingerprint density at radius 2 is 1.94 bits per heavy atom. The number of rotatable bonds is 6. The Kier molecular flexibility index (Phi) is 5.62. The highest BCUT2D eigenvalue weighted by Gasteiger charge is 2.09. The highest BCUT2D eigenvalue weighted by Crippen LogP contribution is 2.06. The minimum atomic E-state index is 0.172. The normalized spacial score (nSPS) is 12.1. The number of nitrogens with one attached hydrogen (secondary N) is 1. The van der Waals surface area contributed by atoms with Crippen LogP contribution in [0.3, 0.4) is 0 Å². The van der Waals surface area contributed by atoms with Crippen molar-refractivity contribution in [3.05, 3.63) is 35.9 Å². The van der Waals surface area contributed by atoms with Crippen molar-refractivity contribution in [3.63, 3.8) is 0 Å². The average molecular weight is 219 g/mol. The third-order valence-corrected chi connectivity index (χ3v) is 2.66. The molecule has 0 aromatic heterocycles. The van der Waals surface area contributed by atoms with Gasteiger partial charge in [0.05, 0.1) is 0 Å². The molecular formula is C14H21NO. The molecule has 0 bridgehead atoms. The van der Waals surface area contributed by atoms with Crippen LogP contribution in [0, 0.1) is 0 Å². The lowest BCUT2D eigenvalue weighted by molar-refractivity contribution is -0.121. The summed E-state index contributed by atoms with van der Waals surface area (Å²) in [6.07, 6.45) is 3.44. The minimum absolute atomic E-state index is 0.172. The van der Waals surface area contributed by atoms with Gasteiger partial charge in [-0.2, -0.15) is 0 Å². The molecule has 0 spiro atoms. The van der Waals surface area contributed by atoms with E-state index in [-0.39, 0.29) is 11.9 Å². The summed E-state index contributed by atoms with van der Waals surface area (Å²) >= 11 is 0. The first-order valence-electron chi connectivity index (χ1n) is 6.09. The number of carbonyl (C=O) groups excluding carboxylic acids is 1. The Balaban J connectivity index is 2.46. The predicted molar refractivity (Wildman–Crippen MR) is 67.3 cm³/mol. The lowest BCUT2D eigenvalue weighted by atomic mass is 10.0. The molecule has 0 aliphatic heterocycles. The van der Waals surface area contributed by atoms with Crippen LogP contribution in [0.4, 0.5) is 0 Å². The molecule has 2 nitrogen and oxygen atoms in total. The third kappa shape index (κ3) is 4.47. The van der Waals surface area contributed by atoms with Gasteiger partial charge in [0, 0.05) is 12.5 Å². The maximum absolute atomic E-state index is 11.5. The van der Waals surface area contributed by atoms with E-state index in [4.69, 9.17) is 0 Å². The highest BCUT2D eigenvalue weighted by atomic mass is 16.1. The van der Waals surface area contributed by atoms with Crippen molar-refractivity contribution in [2.24, 2.45) is 0 Å². The van der Waals surface area contributed by atoms with E-state index in [2.05, 4.69) is 24.4 Å². The Morgan fingerprint density at radius 3 is 2.50 bits per heavy atom. The van der Waals surface area contributed by atoms with Gasteiger partial charge in [0.25, 0.3) is 0 Å². The molecule has 0 heterocycles. The van der Waals surface area contributed by atoms with Crippen LogP contribution >= 0.6 is 0 Å². The second-order valence-electron chi connectivity index (χ2n) is 4.11. The lowest BCUT2D eigenvalue weighted by Crippen LogP contribution is -2.35. The van der Waals surface area contributed by atoms with Crippen LogP contribution < -0.4 is 5.32 Å². The zero-order chi connectivity index (χ0) is 11.8. The molecule has 0 saturated carbocycles. The molecule has 1 N–H and O–H groups in total. The fourth-order valence-electron chi connectivity index (χ4n) is 1.72. The molecule has 1 amide bonds. The molecule has 0 aliphatic carbocycles. The first-order chi connectivity index (χ1) is 7.76. The van der Waals surface area contributed by atoms with E-state index in [0.717, 1.165) is 19.3 Å². The smallest absolute Gasteiger partial charge is 0.220 e. The van der Waals surface area contributed by atoms with Crippen LogP contribution in [-0.2, 0) is 11.2 Å².